The molecule has 254 valence electrons. The van der Waals surface area contributed by atoms with Crippen LogP contribution in [0.2, 0.25) is 0 Å². The molecule has 1 saturated heterocycles. The van der Waals surface area contributed by atoms with E-state index in [2.05, 4.69) is 13.8 Å². The molecule has 4 aliphatic rings. The molecule has 10 heteroatoms. The van der Waals surface area contributed by atoms with Crippen molar-refractivity contribution in [2.45, 2.75) is 137 Å². The van der Waals surface area contributed by atoms with Gasteiger partial charge in [0.25, 0.3) is 0 Å². The number of aliphatic hydroxyl groups excluding tert-OH is 3. The average molecular weight is 635 g/mol. The Kier molecular flexibility index (Phi) is 10.3. The van der Waals surface area contributed by atoms with E-state index >= 15 is 0 Å². The molecule has 1 aliphatic heterocycles. The first kappa shape index (κ1) is 35.9. The number of fused-ring (bicyclic) bond motifs is 3. The largest absolute Gasteiger partial charge is 0.478 e. The Morgan fingerprint density at radius 1 is 1.02 bits per heavy atom. The molecule has 3 saturated carbocycles. The number of aliphatic hydroxyl groups is 3. The van der Waals surface area contributed by atoms with Crippen LogP contribution in [0.5, 0.6) is 0 Å². The number of carbonyl (C=O) groups excluding carboxylic acids is 3. The Hall–Kier alpha value is -1.98. The predicted octanol–water partition coefficient (Wildman–Crippen LogP) is 4.01. The molecule has 0 bridgehead atoms. The first-order chi connectivity index (χ1) is 20.8. The van der Waals surface area contributed by atoms with E-state index in [0.29, 0.717) is 51.4 Å². The minimum absolute atomic E-state index is 0.0148. The summed E-state index contributed by atoms with van der Waals surface area (Å²) >= 11 is 0. The van der Waals surface area contributed by atoms with E-state index in [1.165, 1.54) is 6.92 Å². The maximum absolute atomic E-state index is 14.1. The van der Waals surface area contributed by atoms with Gasteiger partial charge in [-0.25, -0.2) is 4.79 Å². The van der Waals surface area contributed by atoms with Gasteiger partial charge in [0.1, 0.15) is 35.7 Å². The number of rotatable bonds is 10. The highest BCUT2D eigenvalue weighted by atomic mass is 16.7. The fourth-order valence-electron chi connectivity index (χ4n) is 9.55. The van der Waals surface area contributed by atoms with Crippen LogP contribution in [0.4, 0.5) is 0 Å². The molecule has 0 amide bonds. The van der Waals surface area contributed by atoms with Gasteiger partial charge in [-0.2, -0.15) is 0 Å². The molecule has 0 radical (unpaired) electrons. The van der Waals surface area contributed by atoms with E-state index in [4.69, 9.17) is 14.6 Å². The fourth-order valence-corrected chi connectivity index (χ4v) is 9.55. The number of ether oxygens (including phenoxy) is 2. The number of hydrogen-bond donors (Lipinski definition) is 4. The SMILES string of the molecule is C/C(=C/CC[C@H](C)C(=O)CC[C@]1(C)C(=O)CC[C@@H]2[C@@]3(C)CCC(=O)C(C)(C)[C@@H]3C[C@@H](O[C@@H]3OC[C@@H](O)[C@H](O)[C@H]3O)[C@]21C)C(=O)O. The fraction of sp³-hybridized carbons (Fsp3) is 0.829. The van der Waals surface area contributed by atoms with E-state index in [1.54, 1.807) is 6.08 Å². The minimum Gasteiger partial charge on any atom is -0.478 e. The zero-order chi connectivity index (χ0) is 33.7. The molecule has 1 heterocycles. The molecule has 0 unspecified atom stereocenters. The Morgan fingerprint density at radius 2 is 1.69 bits per heavy atom. The summed E-state index contributed by atoms with van der Waals surface area (Å²) in [4.78, 5) is 51.9. The first-order valence-corrected chi connectivity index (χ1v) is 16.6. The van der Waals surface area contributed by atoms with Crippen molar-refractivity contribution in [3.63, 3.8) is 0 Å². The van der Waals surface area contributed by atoms with Crippen LogP contribution in [0.15, 0.2) is 11.6 Å². The number of allylic oxidation sites excluding steroid dienone is 1. The monoisotopic (exact) mass is 634 g/mol. The van der Waals surface area contributed by atoms with E-state index in [0.717, 1.165) is 0 Å². The second kappa shape index (κ2) is 12.9. The van der Waals surface area contributed by atoms with Crippen molar-refractivity contribution >= 4 is 23.3 Å². The number of hydrogen-bond acceptors (Lipinski definition) is 9. The molecule has 0 aromatic rings. The maximum atomic E-state index is 14.1. The summed E-state index contributed by atoms with van der Waals surface area (Å²) in [6.07, 6.45) is -0.424. The van der Waals surface area contributed by atoms with Gasteiger partial charge in [-0.05, 0) is 62.7 Å². The lowest BCUT2D eigenvalue weighted by Crippen LogP contribution is -2.70. The third-order valence-corrected chi connectivity index (χ3v) is 12.9. The second-order valence-electron chi connectivity index (χ2n) is 15.6. The van der Waals surface area contributed by atoms with Gasteiger partial charge in [-0.1, -0.05) is 47.6 Å². The molecular formula is C35H54O10. The average Bonchev–Trinajstić information content (AvgIpc) is 2.97. The predicted molar refractivity (Wildman–Crippen MR) is 165 cm³/mol. The normalized spacial score (nSPS) is 42.4. The third kappa shape index (κ3) is 6.10. The van der Waals surface area contributed by atoms with Crippen molar-refractivity contribution in [3.8, 4) is 0 Å². The van der Waals surface area contributed by atoms with Crippen LogP contribution < -0.4 is 0 Å². The van der Waals surface area contributed by atoms with Gasteiger partial charge in [0.2, 0.25) is 0 Å². The van der Waals surface area contributed by atoms with Crippen molar-refractivity contribution < 1.29 is 49.1 Å². The summed E-state index contributed by atoms with van der Waals surface area (Å²) in [6, 6.07) is 0. The number of carboxylic acids is 1. The second-order valence-corrected chi connectivity index (χ2v) is 15.6. The highest BCUT2D eigenvalue weighted by molar-refractivity contribution is 5.89. The summed E-state index contributed by atoms with van der Waals surface area (Å²) in [5.41, 5.74) is -2.42. The van der Waals surface area contributed by atoms with Crippen LogP contribution in [-0.2, 0) is 28.7 Å². The molecule has 45 heavy (non-hydrogen) atoms. The lowest BCUT2D eigenvalue weighted by molar-refractivity contribution is -0.323. The summed E-state index contributed by atoms with van der Waals surface area (Å²) in [7, 11) is 0. The first-order valence-electron chi connectivity index (χ1n) is 16.6. The van der Waals surface area contributed by atoms with Crippen molar-refractivity contribution in [1.82, 2.24) is 0 Å². The Bertz CT molecular complexity index is 1210. The lowest BCUT2D eigenvalue weighted by atomic mass is 9.35. The van der Waals surface area contributed by atoms with Crippen molar-refractivity contribution in [1.29, 1.82) is 0 Å². The molecule has 10 nitrogen and oxygen atoms in total. The molecule has 0 aromatic carbocycles. The van der Waals surface area contributed by atoms with E-state index in [-0.39, 0.29) is 59.1 Å². The highest BCUT2D eigenvalue weighted by Gasteiger charge is 2.71. The van der Waals surface area contributed by atoms with Gasteiger partial charge in [0.15, 0.2) is 6.29 Å². The standard InChI is InChI=1S/C35H54O10/c1-19(9-8-10-20(2)30(42)43)21(36)13-16-34(6)26(39)12-11-23-33(5)15-14-25(38)32(3,4)24(33)17-27(35(23,34)7)45-31-29(41)28(40)22(37)18-44-31/h10,19,22-24,27-29,31,37,40-41H,8-9,11-18H2,1-7H3,(H,42,43)/b20-10-/t19-,22+,23+,24-,27+,28-,29+,31-,33+,34+,35-/m0/s1. The Morgan fingerprint density at radius 3 is 2.33 bits per heavy atom. The molecule has 4 fully saturated rings. The van der Waals surface area contributed by atoms with Gasteiger partial charge in [0.05, 0.1) is 12.7 Å². The molecular weight excluding hydrogens is 580 g/mol. The summed E-state index contributed by atoms with van der Waals surface area (Å²) in [5.74, 6) is -1.11. The lowest BCUT2D eigenvalue weighted by Gasteiger charge is -2.69. The Balaban J connectivity index is 1.67. The third-order valence-electron chi connectivity index (χ3n) is 12.9. The molecule has 0 aromatic heterocycles. The van der Waals surface area contributed by atoms with E-state index < -0.39 is 52.9 Å². The van der Waals surface area contributed by atoms with Crippen LogP contribution in [0.25, 0.3) is 0 Å². The molecule has 3 aliphatic carbocycles. The van der Waals surface area contributed by atoms with Gasteiger partial charge < -0.3 is 29.9 Å². The zero-order valence-electron chi connectivity index (χ0n) is 28.0. The van der Waals surface area contributed by atoms with Crippen LogP contribution in [-0.4, -0.2) is 81.1 Å². The van der Waals surface area contributed by atoms with Crippen molar-refractivity contribution in [2.24, 2.45) is 39.4 Å². The number of Topliss-reactive ketones (excluding diaryl/α,β-unsaturated/α-hetero) is 3. The van der Waals surface area contributed by atoms with Gasteiger partial charge in [-0.15, -0.1) is 0 Å². The smallest absolute Gasteiger partial charge is 0.330 e. The number of ketones is 3. The quantitative estimate of drug-likeness (QED) is 0.204. The maximum Gasteiger partial charge on any atom is 0.330 e. The zero-order valence-corrected chi connectivity index (χ0v) is 28.0. The van der Waals surface area contributed by atoms with Gasteiger partial charge >= 0.3 is 5.97 Å². The number of aliphatic carboxylic acids is 1. The summed E-state index contributed by atoms with van der Waals surface area (Å²) in [5, 5.41) is 40.4. The van der Waals surface area contributed by atoms with Crippen LogP contribution in [0.1, 0.15) is 106 Å². The van der Waals surface area contributed by atoms with Crippen LogP contribution in [0.3, 0.4) is 0 Å². The van der Waals surface area contributed by atoms with Crippen molar-refractivity contribution in [3.05, 3.63) is 11.6 Å². The summed E-state index contributed by atoms with van der Waals surface area (Å²) < 4.78 is 12.3. The van der Waals surface area contributed by atoms with E-state index in [1.807, 2.05) is 27.7 Å². The van der Waals surface area contributed by atoms with E-state index in [9.17, 15) is 34.5 Å². The summed E-state index contributed by atoms with van der Waals surface area (Å²) in [6.45, 7) is 13.4. The van der Waals surface area contributed by atoms with Crippen LogP contribution >= 0.6 is 0 Å². The van der Waals surface area contributed by atoms with Gasteiger partial charge in [-0.3, -0.25) is 14.4 Å². The molecule has 4 rings (SSSR count). The highest BCUT2D eigenvalue weighted by Crippen LogP contribution is 2.71. The number of carboxylic acid groups (broad SMARTS) is 1. The topological polar surface area (TPSA) is 168 Å². The number of carbonyl (C=O) groups is 4. The minimum atomic E-state index is -1.50. The van der Waals surface area contributed by atoms with Crippen LogP contribution in [0, 0.1) is 39.4 Å². The molecule has 4 N–H and O–H groups in total. The Labute approximate surface area is 266 Å². The van der Waals surface area contributed by atoms with Gasteiger partial charge in [0, 0.05) is 47.0 Å². The molecule has 11 atom stereocenters. The molecule has 0 spiro atoms. The van der Waals surface area contributed by atoms with Crippen molar-refractivity contribution in [2.75, 3.05) is 6.61 Å².